The molecular formula is C12H8Cl3N3. The Morgan fingerprint density at radius 3 is 2.22 bits per heavy atom. The maximum Gasteiger partial charge on any atom is 0.250 e. The third kappa shape index (κ3) is 2.99. The van der Waals surface area contributed by atoms with Crippen LogP contribution >= 0.6 is 34.8 Å². The number of nitrogens with zero attached hydrogens (tertiary/aromatic N) is 3. The molecule has 0 saturated heterocycles. The van der Waals surface area contributed by atoms with Gasteiger partial charge in [0.05, 0.1) is 0 Å². The summed E-state index contributed by atoms with van der Waals surface area (Å²) in [6, 6.07) is 9.38. The van der Waals surface area contributed by atoms with Crippen LogP contribution in [0, 0.1) is 0 Å². The van der Waals surface area contributed by atoms with Gasteiger partial charge >= 0.3 is 0 Å². The Morgan fingerprint density at radius 2 is 1.67 bits per heavy atom. The van der Waals surface area contributed by atoms with Crippen molar-refractivity contribution in [2.75, 3.05) is 0 Å². The van der Waals surface area contributed by atoms with Gasteiger partial charge in [-0.25, -0.2) is 15.0 Å². The summed E-state index contributed by atoms with van der Waals surface area (Å²) >= 11 is 17.4. The van der Waals surface area contributed by atoms with E-state index in [1.807, 2.05) is 30.3 Å². The van der Waals surface area contributed by atoms with Gasteiger partial charge in [0, 0.05) is 5.56 Å². The number of hydrogen-bond donors (Lipinski definition) is 0. The van der Waals surface area contributed by atoms with E-state index >= 15 is 0 Å². The van der Waals surface area contributed by atoms with Gasteiger partial charge in [-0.2, -0.15) is 0 Å². The summed E-state index contributed by atoms with van der Waals surface area (Å²) in [6.07, 6.45) is 1.48. The average molecular weight is 301 g/mol. The number of rotatable bonds is 2. The molecule has 1 heterocycles. The first-order valence-electron chi connectivity index (χ1n) is 5.02. The van der Waals surface area contributed by atoms with E-state index in [0.29, 0.717) is 11.6 Å². The molecule has 0 saturated carbocycles. The molecule has 2 aromatic rings. The normalized spacial score (nSPS) is 11.3. The van der Waals surface area contributed by atoms with Crippen LogP contribution in [0.15, 0.2) is 36.9 Å². The Kier molecular flexibility index (Phi) is 3.85. The zero-order valence-corrected chi connectivity index (χ0v) is 11.4. The van der Waals surface area contributed by atoms with Gasteiger partial charge in [-0.3, -0.25) is 0 Å². The van der Waals surface area contributed by atoms with Crippen LogP contribution in [0.25, 0.3) is 17.5 Å². The van der Waals surface area contributed by atoms with Gasteiger partial charge in [0.2, 0.25) is 3.79 Å². The van der Waals surface area contributed by atoms with Gasteiger partial charge in [-0.05, 0) is 6.08 Å². The second-order valence-corrected chi connectivity index (χ2v) is 5.69. The smallest absolute Gasteiger partial charge is 0.209 e. The molecule has 2 rings (SSSR count). The van der Waals surface area contributed by atoms with E-state index in [0.717, 1.165) is 5.56 Å². The summed E-state index contributed by atoms with van der Waals surface area (Å²) in [4.78, 5) is 12.4. The van der Waals surface area contributed by atoms with Crippen LogP contribution in [0.5, 0.6) is 0 Å². The van der Waals surface area contributed by atoms with Crippen molar-refractivity contribution in [2.45, 2.75) is 3.79 Å². The summed E-state index contributed by atoms with van der Waals surface area (Å²) in [6.45, 7) is 3.61. The molecule has 0 atom stereocenters. The van der Waals surface area contributed by atoms with Crippen molar-refractivity contribution in [3.63, 3.8) is 0 Å². The van der Waals surface area contributed by atoms with Crippen molar-refractivity contribution in [1.29, 1.82) is 0 Å². The molecule has 0 amide bonds. The lowest BCUT2D eigenvalue weighted by atomic mass is 10.2. The zero-order chi connectivity index (χ0) is 13.2. The van der Waals surface area contributed by atoms with Crippen molar-refractivity contribution in [3.8, 4) is 11.4 Å². The van der Waals surface area contributed by atoms with E-state index < -0.39 is 3.79 Å². The molecule has 92 valence electrons. The highest BCUT2D eigenvalue weighted by Gasteiger charge is 2.28. The zero-order valence-electron chi connectivity index (χ0n) is 9.15. The first-order chi connectivity index (χ1) is 8.50. The van der Waals surface area contributed by atoms with Crippen LogP contribution in [0.3, 0.4) is 0 Å². The SMILES string of the molecule is C=Cc1nc(-c2ccccc2)nc(C(Cl)(Cl)Cl)n1. The Labute approximate surface area is 119 Å². The second-order valence-electron chi connectivity index (χ2n) is 3.41. The largest absolute Gasteiger partial charge is 0.250 e. The van der Waals surface area contributed by atoms with Crippen LogP contribution in [0.1, 0.15) is 11.6 Å². The van der Waals surface area contributed by atoms with E-state index in [-0.39, 0.29) is 5.82 Å². The molecule has 1 aromatic carbocycles. The first-order valence-corrected chi connectivity index (χ1v) is 6.15. The predicted molar refractivity (Wildman–Crippen MR) is 74.6 cm³/mol. The van der Waals surface area contributed by atoms with Gasteiger partial charge in [0.15, 0.2) is 17.5 Å². The van der Waals surface area contributed by atoms with Crippen molar-refractivity contribution in [1.82, 2.24) is 15.0 Å². The number of benzene rings is 1. The highest BCUT2D eigenvalue weighted by molar-refractivity contribution is 6.66. The molecule has 0 aliphatic heterocycles. The lowest BCUT2D eigenvalue weighted by molar-refractivity contribution is 0.913. The Bertz CT molecular complexity index is 565. The van der Waals surface area contributed by atoms with Crippen LogP contribution in [-0.2, 0) is 3.79 Å². The van der Waals surface area contributed by atoms with Crippen molar-refractivity contribution in [3.05, 3.63) is 48.6 Å². The first kappa shape index (κ1) is 13.3. The molecule has 1 aromatic heterocycles. The van der Waals surface area contributed by atoms with Crippen LogP contribution in [0.4, 0.5) is 0 Å². The minimum Gasteiger partial charge on any atom is -0.209 e. The van der Waals surface area contributed by atoms with E-state index in [1.165, 1.54) is 6.08 Å². The number of aromatic nitrogens is 3. The minimum atomic E-state index is -1.69. The number of hydrogen-bond acceptors (Lipinski definition) is 3. The summed E-state index contributed by atoms with van der Waals surface area (Å²) < 4.78 is -1.69. The summed E-state index contributed by atoms with van der Waals surface area (Å²) in [5.41, 5.74) is 0.818. The fraction of sp³-hybridized carbons (Fsp3) is 0.0833. The third-order valence-electron chi connectivity index (χ3n) is 2.12. The van der Waals surface area contributed by atoms with Crippen LogP contribution < -0.4 is 0 Å². The molecule has 6 heteroatoms. The molecular weight excluding hydrogens is 293 g/mol. The lowest BCUT2D eigenvalue weighted by Gasteiger charge is -2.11. The van der Waals surface area contributed by atoms with Crippen LogP contribution in [-0.4, -0.2) is 15.0 Å². The maximum absolute atomic E-state index is 5.79. The Hall–Kier alpha value is -1.16. The van der Waals surface area contributed by atoms with E-state index in [9.17, 15) is 0 Å². The highest BCUT2D eigenvalue weighted by Crippen LogP contribution is 2.36. The number of alkyl halides is 3. The quantitative estimate of drug-likeness (QED) is 0.787. The van der Waals surface area contributed by atoms with Crippen molar-refractivity contribution < 1.29 is 0 Å². The van der Waals surface area contributed by atoms with Crippen molar-refractivity contribution in [2.24, 2.45) is 0 Å². The fourth-order valence-corrected chi connectivity index (χ4v) is 1.58. The molecule has 0 fully saturated rings. The van der Waals surface area contributed by atoms with Gasteiger partial charge in [-0.15, -0.1) is 0 Å². The second kappa shape index (κ2) is 5.22. The Morgan fingerprint density at radius 1 is 1.00 bits per heavy atom. The molecule has 0 spiro atoms. The molecule has 0 radical (unpaired) electrons. The van der Waals surface area contributed by atoms with Gasteiger partial charge in [0.25, 0.3) is 0 Å². The molecule has 0 unspecified atom stereocenters. The molecule has 0 N–H and O–H groups in total. The third-order valence-corrected chi connectivity index (χ3v) is 2.63. The lowest BCUT2D eigenvalue weighted by Crippen LogP contribution is -2.11. The molecule has 0 bridgehead atoms. The molecule has 0 aliphatic carbocycles. The monoisotopic (exact) mass is 299 g/mol. The topological polar surface area (TPSA) is 38.7 Å². The van der Waals surface area contributed by atoms with Gasteiger partial charge in [-0.1, -0.05) is 71.7 Å². The summed E-state index contributed by atoms with van der Waals surface area (Å²) in [5, 5.41) is 0. The Balaban J connectivity index is 2.58. The average Bonchev–Trinajstić information content (AvgIpc) is 2.38. The van der Waals surface area contributed by atoms with E-state index in [2.05, 4.69) is 21.5 Å². The van der Waals surface area contributed by atoms with Crippen LogP contribution in [0.2, 0.25) is 0 Å². The van der Waals surface area contributed by atoms with Crippen molar-refractivity contribution >= 4 is 40.9 Å². The summed E-state index contributed by atoms with van der Waals surface area (Å²) in [7, 11) is 0. The van der Waals surface area contributed by atoms with Gasteiger partial charge in [0.1, 0.15) is 0 Å². The van der Waals surface area contributed by atoms with E-state index in [4.69, 9.17) is 34.8 Å². The number of halogens is 3. The van der Waals surface area contributed by atoms with Gasteiger partial charge < -0.3 is 0 Å². The van der Waals surface area contributed by atoms with E-state index in [1.54, 1.807) is 0 Å². The molecule has 3 nitrogen and oxygen atoms in total. The minimum absolute atomic E-state index is 0.0799. The maximum atomic E-state index is 5.79. The highest BCUT2D eigenvalue weighted by atomic mass is 35.6. The molecule has 0 aliphatic rings. The fourth-order valence-electron chi connectivity index (χ4n) is 1.33. The standard InChI is InChI=1S/C12H8Cl3N3/c1-2-9-16-10(8-6-4-3-5-7-8)18-11(17-9)12(13,14)15/h2-7H,1H2. The summed E-state index contributed by atoms with van der Waals surface area (Å²) in [5.74, 6) is 0.892. The molecule has 18 heavy (non-hydrogen) atoms. The predicted octanol–water partition coefficient (Wildman–Crippen LogP) is 4.01.